The molecule has 1 amide bonds. The summed E-state index contributed by atoms with van der Waals surface area (Å²) < 4.78 is 11.5. The van der Waals surface area contributed by atoms with Gasteiger partial charge in [0.15, 0.2) is 0 Å². The second-order valence-electron chi connectivity index (χ2n) is 6.59. The van der Waals surface area contributed by atoms with Crippen molar-refractivity contribution >= 4 is 23.8 Å². The predicted molar refractivity (Wildman–Crippen MR) is 114 cm³/mol. The number of carbonyl (C=O) groups excluding carboxylic acids is 2. The minimum atomic E-state index is -0.829. The lowest BCUT2D eigenvalue weighted by Crippen LogP contribution is -2.28. The number of hydrogen-bond acceptors (Lipinski definition) is 7. The molecule has 1 N–H and O–H groups in total. The van der Waals surface area contributed by atoms with E-state index in [4.69, 9.17) is 9.47 Å². The van der Waals surface area contributed by atoms with Gasteiger partial charge in [-0.25, -0.2) is 14.6 Å². The first-order valence-electron chi connectivity index (χ1n) is 9.48. The Kier molecular flexibility index (Phi) is 7.31. The zero-order chi connectivity index (χ0) is 22.9. The Balaban J connectivity index is 1.70. The van der Waals surface area contributed by atoms with E-state index in [1.165, 1.54) is 25.6 Å². The van der Waals surface area contributed by atoms with E-state index in [1.807, 2.05) is 18.2 Å². The second-order valence-corrected chi connectivity index (χ2v) is 6.59. The largest absolute Gasteiger partial charge is 0.464 e. The van der Waals surface area contributed by atoms with Gasteiger partial charge < -0.3 is 14.0 Å². The highest BCUT2D eigenvalue weighted by atomic mass is 16.6. The monoisotopic (exact) mass is 436 g/mol. The molecule has 0 spiro atoms. The lowest BCUT2D eigenvalue weighted by atomic mass is 10.2. The molecule has 1 aromatic heterocycles. The smallest absolute Gasteiger partial charge is 0.412 e. The molecule has 0 atom stereocenters. The van der Waals surface area contributed by atoms with E-state index in [2.05, 4.69) is 10.3 Å². The quantitative estimate of drug-likeness (QED) is 0.249. The van der Waals surface area contributed by atoms with Crippen molar-refractivity contribution in [2.24, 2.45) is 0 Å². The van der Waals surface area contributed by atoms with E-state index < -0.39 is 17.0 Å². The van der Waals surface area contributed by atoms with Crippen LogP contribution in [0.25, 0.3) is 6.08 Å². The molecule has 0 aliphatic heterocycles. The summed E-state index contributed by atoms with van der Waals surface area (Å²) in [7, 11) is 1.18. The molecule has 32 heavy (non-hydrogen) atoms. The molecule has 2 aromatic carbocycles. The molecular weight excluding hydrogens is 416 g/mol. The van der Waals surface area contributed by atoms with Gasteiger partial charge in [-0.2, -0.15) is 0 Å². The SMILES string of the molecule is COC(=O)/C(=C/c1cn(Cc2ccccc2[N+](=O)[O-])cn1)NC(=O)OCc1ccccc1. The number of alkyl carbamates (subject to hydrolysis) is 1. The number of aromatic nitrogens is 2. The molecule has 164 valence electrons. The number of nitrogens with one attached hydrogen (secondary N) is 1. The average Bonchev–Trinajstić information content (AvgIpc) is 3.24. The molecule has 10 heteroatoms. The number of benzene rings is 2. The molecule has 0 aliphatic rings. The predicted octanol–water partition coefficient (Wildman–Crippen LogP) is 3.28. The average molecular weight is 436 g/mol. The molecular formula is C22H20N4O6. The van der Waals surface area contributed by atoms with Crippen molar-refractivity contribution in [2.45, 2.75) is 13.2 Å². The summed E-state index contributed by atoms with van der Waals surface area (Å²) in [5.74, 6) is -0.782. The molecule has 0 saturated heterocycles. The zero-order valence-corrected chi connectivity index (χ0v) is 17.1. The van der Waals surface area contributed by atoms with E-state index in [0.717, 1.165) is 5.56 Å². The Morgan fingerprint density at radius 2 is 1.88 bits per heavy atom. The zero-order valence-electron chi connectivity index (χ0n) is 17.1. The van der Waals surface area contributed by atoms with Gasteiger partial charge in [0.25, 0.3) is 5.69 Å². The Morgan fingerprint density at radius 1 is 1.16 bits per heavy atom. The number of nitrogens with zero attached hydrogens (tertiary/aromatic N) is 3. The molecule has 0 bridgehead atoms. The van der Waals surface area contributed by atoms with Crippen molar-refractivity contribution in [3.05, 3.63) is 99.8 Å². The van der Waals surface area contributed by atoms with Crippen LogP contribution in [0.3, 0.4) is 0 Å². The number of hydrogen-bond donors (Lipinski definition) is 1. The van der Waals surface area contributed by atoms with Crippen LogP contribution >= 0.6 is 0 Å². The molecule has 0 aliphatic carbocycles. The van der Waals surface area contributed by atoms with E-state index >= 15 is 0 Å². The van der Waals surface area contributed by atoms with Crippen LogP contribution in [0.4, 0.5) is 10.5 Å². The van der Waals surface area contributed by atoms with Crippen LogP contribution in [-0.4, -0.2) is 33.6 Å². The highest BCUT2D eigenvalue weighted by Gasteiger charge is 2.16. The fourth-order valence-electron chi connectivity index (χ4n) is 2.83. The summed E-state index contributed by atoms with van der Waals surface area (Å²) in [4.78, 5) is 39.1. The van der Waals surface area contributed by atoms with Gasteiger partial charge in [-0.05, 0) is 11.6 Å². The standard InChI is InChI=1S/C22H20N4O6/c1-31-21(27)19(24-22(28)32-14-16-7-3-2-4-8-16)11-18-13-25(15-23-18)12-17-9-5-6-10-20(17)26(29)30/h2-11,13,15H,12,14H2,1H3,(H,24,28)/b19-11-. The third-order valence-electron chi connectivity index (χ3n) is 4.34. The number of nitro groups is 1. The molecule has 0 fully saturated rings. The van der Waals surface area contributed by atoms with Crippen LogP contribution in [0.15, 0.2) is 72.8 Å². The topological polar surface area (TPSA) is 126 Å². The fraction of sp³-hybridized carbons (Fsp3) is 0.136. The van der Waals surface area contributed by atoms with Gasteiger partial charge in [0.2, 0.25) is 0 Å². The van der Waals surface area contributed by atoms with Crippen molar-refractivity contribution in [3.8, 4) is 0 Å². The van der Waals surface area contributed by atoms with Crippen molar-refractivity contribution in [3.63, 3.8) is 0 Å². The van der Waals surface area contributed by atoms with Crippen LogP contribution < -0.4 is 5.32 Å². The van der Waals surface area contributed by atoms with E-state index in [1.54, 1.807) is 41.1 Å². The van der Waals surface area contributed by atoms with E-state index in [0.29, 0.717) is 11.3 Å². The summed E-state index contributed by atoms with van der Waals surface area (Å²) in [6.07, 6.45) is 3.54. The summed E-state index contributed by atoms with van der Waals surface area (Å²) in [6, 6.07) is 15.5. The lowest BCUT2D eigenvalue weighted by molar-refractivity contribution is -0.385. The number of carbonyl (C=O) groups is 2. The van der Waals surface area contributed by atoms with Gasteiger partial charge in [0, 0.05) is 17.8 Å². The molecule has 0 unspecified atom stereocenters. The first-order valence-corrected chi connectivity index (χ1v) is 9.48. The van der Waals surface area contributed by atoms with Gasteiger partial charge in [0.1, 0.15) is 12.3 Å². The van der Waals surface area contributed by atoms with E-state index in [9.17, 15) is 19.7 Å². The van der Waals surface area contributed by atoms with Crippen molar-refractivity contribution in [2.75, 3.05) is 7.11 Å². The van der Waals surface area contributed by atoms with Crippen molar-refractivity contribution in [1.82, 2.24) is 14.9 Å². The number of methoxy groups -OCH3 is 1. The Labute approximate surface area is 183 Å². The summed E-state index contributed by atoms with van der Waals surface area (Å²) in [6.45, 7) is 0.240. The van der Waals surface area contributed by atoms with Gasteiger partial charge in [0.05, 0.1) is 30.6 Å². The molecule has 10 nitrogen and oxygen atoms in total. The fourth-order valence-corrected chi connectivity index (χ4v) is 2.83. The van der Waals surface area contributed by atoms with Gasteiger partial charge in [-0.1, -0.05) is 48.5 Å². The molecule has 3 rings (SSSR count). The molecule has 1 heterocycles. The number of rotatable bonds is 8. The normalized spacial score (nSPS) is 11.0. The third-order valence-corrected chi connectivity index (χ3v) is 4.34. The van der Waals surface area contributed by atoms with Crippen molar-refractivity contribution < 1.29 is 24.0 Å². The van der Waals surface area contributed by atoms with Crippen molar-refractivity contribution in [1.29, 1.82) is 0 Å². The van der Waals surface area contributed by atoms with Gasteiger partial charge >= 0.3 is 12.1 Å². The minimum Gasteiger partial charge on any atom is -0.464 e. The maximum atomic E-state index is 12.1. The van der Waals surface area contributed by atoms with Gasteiger partial charge in [-0.3, -0.25) is 15.4 Å². The van der Waals surface area contributed by atoms with Crippen LogP contribution in [0.2, 0.25) is 0 Å². The lowest BCUT2D eigenvalue weighted by Gasteiger charge is -2.09. The van der Waals surface area contributed by atoms with Gasteiger partial charge in [-0.15, -0.1) is 0 Å². The molecule has 0 saturated carbocycles. The Hall–Kier alpha value is -4.47. The number of nitro benzene ring substituents is 1. The third kappa shape index (κ3) is 6.02. The number of ether oxygens (including phenoxy) is 2. The van der Waals surface area contributed by atoms with Crippen LogP contribution in [0.1, 0.15) is 16.8 Å². The summed E-state index contributed by atoms with van der Waals surface area (Å²) >= 11 is 0. The summed E-state index contributed by atoms with van der Waals surface area (Å²) in [5.41, 5.74) is 1.46. The number of esters is 1. The summed E-state index contributed by atoms with van der Waals surface area (Å²) in [5, 5.41) is 13.5. The minimum absolute atomic E-state index is 0.00336. The van der Waals surface area contributed by atoms with E-state index in [-0.39, 0.29) is 24.5 Å². The maximum Gasteiger partial charge on any atom is 0.412 e. The Morgan fingerprint density at radius 3 is 2.59 bits per heavy atom. The maximum absolute atomic E-state index is 12.1. The second kappa shape index (κ2) is 10.5. The van der Waals surface area contributed by atoms with Crippen LogP contribution in [0, 0.1) is 10.1 Å². The van der Waals surface area contributed by atoms with Crippen LogP contribution in [-0.2, 0) is 27.4 Å². The molecule has 0 radical (unpaired) electrons. The Bertz CT molecular complexity index is 1140. The molecule has 3 aromatic rings. The number of imidazole rings is 1. The first kappa shape index (κ1) is 22.2. The van der Waals surface area contributed by atoms with Crippen LogP contribution in [0.5, 0.6) is 0 Å². The highest BCUT2D eigenvalue weighted by molar-refractivity contribution is 5.96. The first-order chi connectivity index (χ1) is 15.5. The number of amides is 1. The number of para-hydroxylation sites is 1. The highest BCUT2D eigenvalue weighted by Crippen LogP contribution is 2.19.